The van der Waals surface area contributed by atoms with Gasteiger partial charge in [-0.3, -0.25) is 0 Å². The average Bonchev–Trinajstić information content (AvgIpc) is 2.21. The smallest absolute Gasteiger partial charge is 0.242 e. The fraction of sp³-hybridized carbons (Fsp3) is 0.667. The molecule has 0 aliphatic heterocycles. The largest absolute Gasteiger partial charge is 0.544 e. The molecule has 0 saturated heterocycles. The van der Waals surface area contributed by atoms with Crippen LogP contribution in [0.2, 0.25) is 78.6 Å². The van der Waals surface area contributed by atoms with Gasteiger partial charge in [-0.1, -0.05) is 76.2 Å². The lowest BCUT2D eigenvalue weighted by atomic mass is 10.3. The SMILES string of the molecule is C[Si](C)(C)Oc1c([Si](C)(C)C)cc([Si](C)(C)C)cc1[Si](C)(C)C. The van der Waals surface area contributed by atoms with Crippen LogP contribution in [0, 0.1) is 0 Å². The highest BCUT2D eigenvalue weighted by atomic mass is 28.4. The lowest BCUT2D eigenvalue weighted by Crippen LogP contribution is -2.54. The van der Waals surface area contributed by atoms with Crippen LogP contribution in [0.25, 0.3) is 0 Å². The van der Waals surface area contributed by atoms with Crippen molar-refractivity contribution >= 4 is 48.1 Å². The van der Waals surface area contributed by atoms with Crippen molar-refractivity contribution in [3.8, 4) is 5.75 Å². The van der Waals surface area contributed by atoms with Gasteiger partial charge in [0.15, 0.2) is 0 Å². The fourth-order valence-electron chi connectivity index (χ4n) is 2.59. The van der Waals surface area contributed by atoms with Gasteiger partial charge in [0.05, 0.1) is 24.2 Å². The second-order valence-electron chi connectivity index (χ2n) is 10.9. The van der Waals surface area contributed by atoms with E-state index in [9.17, 15) is 0 Å². The molecule has 0 unspecified atom stereocenters. The summed E-state index contributed by atoms with van der Waals surface area (Å²) in [5.41, 5.74) is 0. The lowest BCUT2D eigenvalue weighted by Gasteiger charge is -2.34. The van der Waals surface area contributed by atoms with E-state index in [4.69, 9.17) is 4.43 Å². The van der Waals surface area contributed by atoms with Gasteiger partial charge in [-0.25, -0.2) is 0 Å². The van der Waals surface area contributed by atoms with E-state index >= 15 is 0 Å². The van der Waals surface area contributed by atoms with E-state index in [-0.39, 0.29) is 0 Å². The zero-order chi connectivity index (χ0) is 18.4. The number of benzene rings is 1. The molecule has 0 atom stereocenters. The highest BCUT2D eigenvalue weighted by Crippen LogP contribution is 2.21. The van der Waals surface area contributed by atoms with Crippen molar-refractivity contribution in [2.45, 2.75) is 78.6 Å². The zero-order valence-corrected chi connectivity index (χ0v) is 21.6. The van der Waals surface area contributed by atoms with Crippen LogP contribution in [0.3, 0.4) is 0 Å². The Hall–Kier alpha value is -0.112. The van der Waals surface area contributed by atoms with Gasteiger partial charge in [0, 0.05) is 0 Å². The van der Waals surface area contributed by atoms with Gasteiger partial charge in [0.2, 0.25) is 8.32 Å². The van der Waals surface area contributed by atoms with E-state index in [0.29, 0.717) is 0 Å². The van der Waals surface area contributed by atoms with Crippen LogP contribution >= 0.6 is 0 Å². The van der Waals surface area contributed by atoms with Crippen molar-refractivity contribution in [2.24, 2.45) is 0 Å². The summed E-state index contributed by atoms with van der Waals surface area (Å²) in [5, 5.41) is 4.71. The molecule has 0 fully saturated rings. The molecular weight excluding hydrogens is 345 g/mol. The summed E-state index contributed by atoms with van der Waals surface area (Å²) in [5.74, 6) is 1.28. The number of rotatable bonds is 5. The Morgan fingerprint density at radius 3 is 1.13 bits per heavy atom. The quantitative estimate of drug-likeness (QED) is 0.679. The van der Waals surface area contributed by atoms with Crippen molar-refractivity contribution < 1.29 is 4.43 Å². The molecule has 1 aromatic rings. The van der Waals surface area contributed by atoms with E-state index in [1.165, 1.54) is 5.75 Å². The Kier molecular flexibility index (Phi) is 5.75. The summed E-state index contributed by atoms with van der Waals surface area (Å²) in [6, 6.07) is 5.05. The minimum absolute atomic E-state index is 1.28. The third kappa shape index (κ3) is 5.72. The Labute approximate surface area is 149 Å². The molecule has 0 saturated carbocycles. The molecule has 132 valence electrons. The minimum Gasteiger partial charge on any atom is -0.544 e. The summed E-state index contributed by atoms with van der Waals surface area (Å²) >= 11 is 0. The Morgan fingerprint density at radius 1 is 0.565 bits per heavy atom. The maximum absolute atomic E-state index is 6.71. The van der Waals surface area contributed by atoms with Gasteiger partial charge in [0.25, 0.3) is 0 Å². The molecule has 1 nitrogen and oxygen atoms in total. The Morgan fingerprint density at radius 2 is 0.913 bits per heavy atom. The monoisotopic (exact) mass is 382 g/mol. The van der Waals surface area contributed by atoms with E-state index in [0.717, 1.165) is 0 Å². The van der Waals surface area contributed by atoms with E-state index in [1.807, 2.05) is 0 Å². The van der Waals surface area contributed by atoms with Crippen LogP contribution < -0.4 is 20.0 Å². The molecule has 0 heterocycles. The first-order valence-electron chi connectivity index (χ1n) is 8.81. The summed E-state index contributed by atoms with van der Waals surface area (Å²) in [7, 11) is -5.87. The third-order valence-corrected chi connectivity index (χ3v) is 10.8. The molecule has 1 aromatic carbocycles. The second-order valence-corrected chi connectivity index (χ2v) is 30.4. The lowest BCUT2D eigenvalue weighted by molar-refractivity contribution is 0.565. The minimum atomic E-state index is -1.63. The van der Waals surface area contributed by atoms with Crippen LogP contribution in [-0.4, -0.2) is 32.5 Å². The predicted molar refractivity (Wildman–Crippen MR) is 119 cm³/mol. The Bertz CT molecular complexity index is 532. The number of hydrogen-bond donors (Lipinski definition) is 0. The van der Waals surface area contributed by atoms with Crippen LogP contribution in [0.4, 0.5) is 0 Å². The molecule has 0 radical (unpaired) electrons. The molecule has 1 rings (SSSR count). The molecule has 0 N–H and O–H groups in total. The maximum atomic E-state index is 6.71. The van der Waals surface area contributed by atoms with Crippen molar-refractivity contribution in [3.05, 3.63) is 12.1 Å². The highest BCUT2D eigenvalue weighted by Gasteiger charge is 2.33. The molecule has 0 aliphatic carbocycles. The van der Waals surface area contributed by atoms with Crippen molar-refractivity contribution in [2.75, 3.05) is 0 Å². The van der Waals surface area contributed by atoms with Crippen LogP contribution in [-0.2, 0) is 0 Å². The fourth-order valence-corrected chi connectivity index (χ4v) is 8.11. The molecule has 0 aromatic heterocycles. The topological polar surface area (TPSA) is 9.23 Å². The highest BCUT2D eigenvalue weighted by molar-refractivity contribution is 6.95. The molecule has 23 heavy (non-hydrogen) atoms. The van der Waals surface area contributed by atoms with Gasteiger partial charge < -0.3 is 4.43 Å². The summed E-state index contributed by atoms with van der Waals surface area (Å²) < 4.78 is 6.71. The van der Waals surface area contributed by atoms with Crippen molar-refractivity contribution in [1.82, 2.24) is 0 Å². The summed E-state index contributed by atoms with van der Waals surface area (Å²) in [6.45, 7) is 29.1. The first-order chi connectivity index (χ1) is 9.93. The standard InChI is InChI=1S/C18H38OSi4/c1-20(2,3)15-13-16(21(4,5)6)18(19-23(10,11)12)17(14-15)22(7,8)9/h13-14H,1-12H3. The molecule has 0 bridgehead atoms. The van der Waals surface area contributed by atoms with Crippen LogP contribution in [0.5, 0.6) is 5.75 Å². The first kappa shape index (κ1) is 20.9. The maximum Gasteiger partial charge on any atom is 0.242 e. The van der Waals surface area contributed by atoms with E-state index < -0.39 is 32.5 Å². The predicted octanol–water partition coefficient (Wildman–Crippen LogP) is 4.54. The first-order valence-corrected chi connectivity index (χ1v) is 22.7. The summed E-state index contributed by atoms with van der Waals surface area (Å²) in [6.07, 6.45) is 0. The van der Waals surface area contributed by atoms with Crippen LogP contribution in [0.1, 0.15) is 0 Å². The van der Waals surface area contributed by atoms with Gasteiger partial charge in [0.1, 0.15) is 5.75 Å². The second kappa shape index (κ2) is 6.31. The summed E-state index contributed by atoms with van der Waals surface area (Å²) in [4.78, 5) is 0. The molecule has 0 amide bonds. The van der Waals surface area contributed by atoms with E-state index in [2.05, 4.69) is 90.7 Å². The Balaban J connectivity index is 3.82. The van der Waals surface area contributed by atoms with Crippen molar-refractivity contribution in [1.29, 1.82) is 0 Å². The zero-order valence-electron chi connectivity index (χ0n) is 17.6. The normalized spacial score (nSPS) is 14.1. The van der Waals surface area contributed by atoms with Gasteiger partial charge >= 0.3 is 0 Å². The molecular formula is C18H38OSi4. The van der Waals surface area contributed by atoms with Gasteiger partial charge in [-0.2, -0.15) is 0 Å². The van der Waals surface area contributed by atoms with Crippen molar-refractivity contribution in [3.63, 3.8) is 0 Å². The molecule has 0 spiro atoms. The van der Waals surface area contributed by atoms with Gasteiger partial charge in [-0.15, -0.1) is 0 Å². The van der Waals surface area contributed by atoms with Gasteiger partial charge in [-0.05, 0) is 30.0 Å². The number of hydrogen-bond acceptors (Lipinski definition) is 1. The van der Waals surface area contributed by atoms with Crippen LogP contribution in [0.15, 0.2) is 12.1 Å². The molecule has 0 aliphatic rings. The third-order valence-electron chi connectivity index (χ3n) is 3.98. The van der Waals surface area contributed by atoms with E-state index in [1.54, 1.807) is 15.6 Å². The average molecular weight is 383 g/mol. The molecule has 5 heteroatoms.